The van der Waals surface area contributed by atoms with E-state index in [-0.39, 0.29) is 0 Å². The van der Waals surface area contributed by atoms with Crippen LogP contribution in [0.4, 0.5) is 0 Å². The molecule has 3 heteroatoms. The van der Waals surface area contributed by atoms with Crippen LogP contribution < -0.4 is 5.32 Å². The molecule has 0 aromatic heterocycles. The Balaban J connectivity index is 1.64. The van der Waals surface area contributed by atoms with Crippen LogP contribution in [0.3, 0.4) is 0 Å². The summed E-state index contributed by atoms with van der Waals surface area (Å²) in [5, 5.41) is 3.76. The Bertz CT molecular complexity index is 292. The van der Waals surface area contributed by atoms with Crippen molar-refractivity contribution in [1.82, 2.24) is 10.2 Å². The highest BCUT2D eigenvalue weighted by Crippen LogP contribution is 2.40. The van der Waals surface area contributed by atoms with Crippen LogP contribution in [0.2, 0.25) is 0 Å². The molecule has 0 spiro atoms. The predicted molar refractivity (Wildman–Crippen MR) is 78.3 cm³/mol. The lowest BCUT2D eigenvalue weighted by molar-refractivity contribution is 0.0433. The molecule has 1 N–H and O–H groups in total. The van der Waals surface area contributed by atoms with Crippen LogP contribution in [0.1, 0.15) is 46.0 Å². The predicted octanol–water partition coefficient (Wildman–Crippen LogP) is 2.26. The molecular formula is C16H30N2O. The van der Waals surface area contributed by atoms with Crippen molar-refractivity contribution in [2.45, 2.75) is 64.1 Å². The first-order valence-electron chi connectivity index (χ1n) is 8.38. The van der Waals surface area contributed by atoms with Crippen LogP contribution in [0, 0.1) is 11.8 Å². The second-order valence-corrected chi connectivity index (χ2v) is 6.82. The highest BCUT2D eigenvalue weighted by molar-refractivity contribution is 4.96. The Morgan fingerprint density at radius 1 is 1.32 bits per heavy atom. The number of rotatable bonds is 4. The van der Waals surface area contributed by atoms with Gasteiger partial charge < -0.3 is 10.1 Å². The zero-order valence-electron chi connectivity index (χ0n) is 12.6. The molecule has 19 heavy (non-hydrogen) atoms. The van der Waals surface area contributed by atoms with Crippen LogP contribution in [0.5, 0.6) is 0 Å². The summed E-state index contributed by atoms with van der Waals surface area (Å²) in [6.45, 7) is 9.37. The Hall–Kier alpha value is -0.120. The molecule has 3 aliphatic rings. The fraction of sp³-hybridized carbons (Fsp3) is 1.00. The lowest BCUT2D eigenvalue weighted by Gasteiger charge is -2.34. The summed E-state index contributed by atoms with van der Waals surface area (Å²) >= 11 is 0. The maximum absolute atomic E-state index is 6.04. The molecule has 3 nitrogen and oxygen atoms in total. The molecule has 2 heterocycles. The van der Waals surface area contributed by atoms with Crippen molar-refractivity contribution >= 4 is 0 Å². The van der Waals surface area contributed by atoms with E-state index in [4.69, 9.17) is 4.74 Å². The van der Waals surface area contributed by atoms with Crippen LogP contribution in [0.25, 0.3) is 0 Å². The van der Waals surface area contributed by atoms with Crippen molar-refractivity contribution in [2.75, 3.05) is 26.2 Å². The fourth-order valence-corrected chi connectivity index (χ4v) is 3.81. The van der Waals surface area contributed by atoms with Gasteiger partial charge in [0.05, 0.1) is 6.10 Å². The van der Waals surface area contributed by atoms with Crippen molar-refractivity contribution in [3.05, 3.63) is 0 Å². The molecule has 0 bridgehead atoms. The maximum Gasteiger partial charge on any atom is 0.0759 e. The number of hydrogen-bond acceptors (Lipinski definition) is 3. The average Bonchev–Trinajstić information content (AvgIpc) is 3.21. The highest BCUT2D eigenvalue weighted by Gasteiger charge is 2.43. The fourth-order valence-electron chi connectivity index (χ4n) is 3.81. The Labute approximate surface area is 118 Å². The van der Waals surface area contributed by atoms with Gasteiger partial charge in [-0.1, -0.05) is 20.3 Å². The third kappa shape index (κ3) is 3.14. The summed E-state index contributed by atoms with van der Waals surface area (Å²) in [4.78, 5) is 2.76. The summed E-state index contributed by atoms with van der Waals surface area (Å²) < 4.78 is 6.04. The number of nitrogens with one attached hydrogen (secondary N) is 1. The largest absolute Gasteiger partial charge is 0.376 e. The normalized spacial score (nSPS) is 39.2. The van der Waals surface area contributed by atoms with Crippen molar-refractivity contribution in [2.24, 2.45) is 11.8 Å². The monoisotopic (exact) mass is 266 g/mol. The summed E-state index contributed by atoms with van der Waals surface area (Å²) in [7, 11) is 0. The van der Waals surface area contributed by atoms with Gasteiger partial charge in [0, 0.05) is 25.2 Å². The summed E-state index contributed by atoms with van der Waals surface area (Å²) in [5.74, 6) is 1.66. The van der Waals surface area contributed by atoms with Crippen LogP contribution >= 0.6 is 0 Å². The quantitative estimate of drug-likeness (QED) is 0.845. The minimum Gasteiger partial charge on any atom is -0.376 e. The second-order valence-electron chi connectivity index (χ2n) is 6.82. The zero-order chi connectivity index (χ0) is 13.2. The number of nitrogens with zero attached hydrogens (tertiary/aromatic N) is 1. The van der Waals surface area contributed by atoms with Gasteiger partial charge in [0.25, 0.3) is 0 Å². The Morgan fingerprint density at radius 2 is 2.16 bits per heavy atom. The lowest BCUT2D eigenvalue weighted by Crippen LogP contribution is -2.48. The van der Waals surface area contributed by atoms with E-state index in [1.54, 1.807) is 0 Å². The molecule has 110 valence electrons. The molecule has 0 aromatic carbocycles. The molecule has 1 aliphatic carbocycles. The third-order valence-corrected chi connectivity index (χ3v) is 5.45. The van der Waals surface area contributed by atoms with E-state index < -0.39 is 0 Å². The van der Waals surface area contributed by atoms with E-state index in [2.05, 4.69) is 24.1 Å². The van der Waals surface area contributed by atoms with E-state index in [1.165, 1.54) is 51.7 Å². The molecule has 4 unspecified atom stereocenters. The van der Waals surface area contributed by atoms with Crippen molar-refractivity contribution in [1.29, 1.82) is 0 Å². The van der Waals surface area contributed by atoms with Crippen molar-refractivity contribution in [3.8, 4) is 0 Å². The van der Waals surface area contributed by atoms with Crippen LogP contribution in [-0.4, -0.2) is 49.3 Å². The standard InChI is InChI=1S/C16H30N2O/c1-3-12(2)14-11-18(9-4-8-17-14)15-7-10-19-16(15)13-5-6-13/h12-17H,3-11H2,1-2H3. The lowest BCUT2D eigenvalue weighted by atomic mass is 9.97. The smallest absolute Gasteiger partial charge is 0.0759 e. The van der Waals surface area contributed by atoms with Crippen LogP contribution in [-0.2, 0) is 4.74 Å². The van der Waals surface area contributed by atoms with Gasteiger partial charge in [-0.2, -0.15) is 0 Å². The van der Waals surface area contributed by atoms with Gasteiger partial charge in [0.1, 0.15) is 0 Å². The Kier molecular flexibility index (Phi) is 4.45. The summed E-state index contributed by atoms with van der Waals surface area (Å²) in [5.41, 5.74) is 0. The topological polar surface area (TPSA) is 24.5 Å². The van der Waals surface area contributed by atoms with Gasteiger partial charge in [-0.3, -0.25) is 4.90 Å². The first kappa shape index (κ1) is 13.8. The molecule has 4 atom stereocenters. The van der Waals surface area contributed by atoms with E-state index in [9.17, 15) is 0 Å². The van der Waals surface area contributed by atoms with Gasteiger partial charge in [-0.15, -0.1) is 0 Å². The van der Waals surface area contributed by atoms with Crippen molar-refractivity contribution in [3.63, 3.8) is 0 Å². The molecule has 3 fully saturated rings. The number of hydrogen-bond donors (Lipinski definition) is 1. The van der Waals surface area contributed by atoms with Crippen molar-refractivity contribution < 1.29 is 4.74 Å². The molecule has 2 saturated heterocycles. The molecule has 3 rings (SSSR count). The minimum absolute atomic E-state index is 0.552. The average molecular weight is 266 g/mol. The first-order valence-corrected chi connectivity index (χ1v) is 8.38. The molecule has 2 aliphatic heterocycles. The molecular weight excluding hydrogens is 236 g/mol. The van der Waals surface area contributed by atoms with Gasteiger partial charge in [0.15, 0.2) is 0 Å². The van der Waals surface area contributed by atoms with Gasteiger partial charge >= 0.3 is 0 Å². The SMILES string of the molecule is CCC(C)C1CN(C2CCOC2C2CC2)CCCN1. The van der Waals surface area contributed by atoms with E-state index in [0.29, 0.717) is 18.2 Å². The highest BCUT2D eigenvalue weighted by atomic mass is 16.5. The summed E-state index contributed by atoms with van der Waals surface area (Å²) in [6, 6.07) is 1.38. The van der Waals surface area contributed by atoms with E-state index in [0.717, 1.165) is 18.4 Å². The third-order valence-electron chi connectivity index (χ3n) is 5.45. The Morgan fingerprint density at radius 3 is 2.89 bits per heavy atom. The zero-order valence-corrected chi connectivity index (χ0v) is 12.6. The number of ether oxygens (including phenoxy) is 1. The van der Waals surface area contributed by atoms with E-state index in [1.807, 2.05) is 0 Å². The molecule has 0 radical (unpaired) electrons. The summed E-state index contributed by atoms with van der Waals surface area (Å²) in [6.07, 6.45) is 7.19. The van der Waals surface area contributed by atoms with Gasteiger partial charge in [-0.25, -0.2) is 0 Å². The molecule has 0 aromatic rings. The minimum atomic E-state index is 0.552. The van der Waals surface area contributed by atoms with E-state index >= 15 is 0 Å². The molecule has 1 saturated carbocycles. The second kappa shape index (κ2) is 6.11. The first-order chi connectivity index (χ1) is 9.29. The van der Waals surface area contributed by atoms with Crippen LogP contribution in [0.15, 0.2) is 0 Å². The maximum atomic E-state index is 6.04. The van der Waals surface area contributed by atoms with Gasteiger partial charge in [-0.05, 0) is 50.6 Å². The van der Waals surface area contributed by atoms with Gasteiger partial charge in [0.2, 0.25) is 0 Å². The molecule has 0 amide bonds.